The molecule has 0 saturated carbocycles. The lowest BCUT2D eigenvalue weighted by Crippen LogP contribution is -2.20. The summed E-state index contributed by atoms with van der Waals surface area (Å²) in [4.78, 5) is 15.6. The van der Waals surface area contributed by atoms with E-state index in [9.17, 15) is 4.79 Å². The highest BCUT2D eigenvalue weighted by Crippen LogP contribution is 2.15. The number of pyridine rings is 1. The molecule has 5 nitrogen and oxygen atoms in total. The summed E-state index contributed by atoms with van der Waals surface area (Å²) in [5.41, 5.74) is 1.00. The summed E-state index contributed by atoms with van der Waals surface area (Å²) < 4.78 is 4.98. The number of aliphatic hydroxyl groups is 1. The molecule has 0 aliphatic heterocycles. The van der Waals surface area contributed by atoms with Crippen LogP contribution < -0.4 is 10.1 Å². The maximum atomic E-state index is 11.5. The fraction of sp³-hybridized carbons (Fsp3) is 0.400. The van der Waals surface area contributed by atoms with Gasteiger partial charge in [-0.25, -0.2) is 0 Å². The summed E-state index contributed by atoms with van der Waals surface area (Å²) in [5.74, 6) is 0.292. The van der Waals surface area contributed by atoms with Gasteiger partial charge < -0.3 is 15.2 Å². The molecule has 0 spiro atoms. The first-order chi connectivity index (χ1) is 7.22. The maximum Gasteiger partial charge on any atom is 0.253 e. The number of amides is 1. The zero-order valence-corrected chi connectivity index (χ0v) is 8.78. The molecule has 0 unspecified atom stereocenters. The fourth-order valence-corrected chi connectivity index (χ4v) is 1.22. The topological polar surface area (TPSA) is 71.5 Å². The lowest BCUT2D eigenvalue weighted by Gasteiger charge is -2.08. The Balaban J connectivity index is 3.10. The Bertz CT molecular complexity index is 353. The third-order valence-corrected chi connectivity index (χ3v) is 2.00. The molecule has 0 atom stereocenters. The van der Waals surface area contributed by atoms with Crippen molar-refractivity contribution in [2.24, 2.45) is 0 Å². The van der Waals surface area contributed by atoms with Gasteiger partial charge in [-0.1, -0.05) is 0 Å². The molecule has 2 N–H and O–H groups in total. The van der Waals surface area contributed by atoms with Crippen molar-refractivity contribution in [3.05, 3.63) is 23.5 Å². The molecule has 0 fully saturated rings. The molecule has 1 rings (SSSR count). The highest BCUT2D eigenvalue weighted by atomic mass is 16.5. The van der Waals surface area contributed by atoms with E-state index in [2.05, 4.69) is 10.3 Å². The van der Waals surface area contributed by atoms with Crippen molar-refractivity contribution in [2.75, 3.05) is 20.8 Å². The second kappa shape index (κ2) is 5.31. The molecule has 82 valence electrons. The van der Waals surface area contributed by atoms with Crippen LogP contribution in [0.3, 0.4) is 0 Å². The van der Waals surface area contributed by atoms with Gasteiger partial charge in [0.2, 0.25) is 0 Å². The highest BCUT2D eigenvalue weighted by molar-refractivity contribution is 5.95. The number of methoxy groups -OCH3 is 1. The molecule has 15 heavy (non-hydrogen) atoms. The molecule has 1 aromatic heterocycles. The Morgan fingerprint density at radius 2 is 2.40 bits per heavy atom. The van der Waals surface area contributed by atoms with Gasteiger partial charge in [-0.05, 0) is 6.07 Å². The maximum absolute atomic E-state index is 11.5. The van der Waals surface area contributed by atoms with Crippen LogP contribution in [0.2, 0.25) is 0 Å². The van der Waals surface area contributed by atoms with Gasteiger partial charge in [0, 0.05) is 20.1 Å². The van der Waals surface area contributed by atoms with E-state index in [1.54, 1.807) is 13.1 Å². The van der Waals surface area contributed by atoms with Crippen molar-refractivity contribution in [3.63, 3.8) is 0 Å². The van der Waals surface area contributed by atoms with Crippen LogP contribution >= 0.6 is 0 Å². The van der Waals surface area contributed by atoms with Gasteiger partial charge in [0.1, 0.15) is 5.75 Å². The van der Waals surface area contributed by atoms with Crippen molar-refractivity contribution < 1.29 is 14.6 Å². The molecule has 0 radical (unpaired) electrons. The minimum absolute atomic E-state index is 0.0384. The van der Waals surface area contributed by atoms with Crippen molar-refractivity contribution in [1.82, 2.24) is 10.3 Å². The lowest BCUT2D eigenvalue weighted by atomic mass is 10.1. The van der Waals surface area contributed by atoms with Crippen molar-refractivity contribution >= 4 is 5.91 Å². The average Bonchev–Trinajstić information content (AvgIpc) is 2.29. The Labute approximate surface area is 88.1 Å². The summed E-state index contributed by atoms with van der Waals surface area (Å²) in [7, 11) is 3.06. The van der Waals surface area contributed by atoms with Gasteiger partial charge in [-0.2, -0.15) is 0 Å². The number of ether oxygens (including phenoxy) is 1. The molecule has 0 aliphatic rings. The van der Waals surface area contributed by atoms with Gasteiger partial charge in [-0.3, -0.25) is 9.78 Å². The van der Waals surface area contributed by atoms with Crippen molar-refractivity contribution in [2.45, 2.75) is 6.42 Å². The number of aromatic nitrogens is 1. The van der Waals surface area contributed by atoms with E-state index >= 15 is 0 Å². The van der Waals surface area contributed by atoms with Gasteiger partial charge in [0.25, 0.3) is 5.91 Å². The second-order valence-corrected chi connectivity index (χ2v) is 2.92. The zero-order valence-electron chi connectivity index (χ0n) is 8.78. The van der Waals surface area contributed by atoms with Crippen LogP contribution in [0, 0.1) is 0 Å². The number of rotatable bonds is 4. The zero-order chi connectivity index (χ0) is 11.3. The SMILES string of the molecule is CNC(=O)c1cc(OC)cnc1CCO. The first-order valence-electron chi connectivity index (χ1n) is 4.58. The third-order valence-electron chi connectivity index (χ3n) is 2.00. The number of nitrogens with one attached hydrogen (secondary N) is 1. The van der Waals surface area contributed by atoms with E-state index in [-0.39, 0.29) is 12.5 Å². The van der Waals surface area contributed by atoms with E-state index in [1.165, 1.54) is 13.3 Å². The van der Waals surface area contributed by atoms with Gasteiger partial charge in [0.05, 0.1) is 24.6 Å². The quantitative estimate of drug-likeness (QED) is 0.733. The number of aliphatic hydroxyl groups excluding tert-OH is 1. The number of nitrogens with zero attached hydrogens (tertiary/aromatic N) is 1. The van der Waals surface area contributed by atoms with Crippen LogP contribution in [0.4, 0.5) is 0 Å². The number of carbonyl (C=O) groups excluding carboxylic acids is 1. The molecular formula is C10H14N2O3. The Hall–Kier alpha value is -1.62. The summed E-state index contributed by atoms with van der Waals surface area (Å²) in [6, 6.07) is 1.61. The summed E-state index contributed by atoms with van der Waals surface area (Å²) in [6.45, 7) is -0.0384. The summed E-state index contributed by atoms with van der Waals surface area (Å²) >= 11 is 0. The molecule has 1 amide bonds. The Morgan fingerprint density at radius 3 is 2.93 bits per heavy atom. The number of carbonyl (C=O) groups is 1. The van der Waals surface area contributed by atoms with Gasteiger partial charge >= 0.3 is 0 Å². The lowest BCUT2D eigenvalue weighted by molar-refractivity contribution is 0.0961. The van der Waals surface area contributed by atoms with Crippen LogP contribution in [0.5, 0.6) is 5.75 Å². The minimum Gasteiger partial charge on any atom is -0.495 e. The monoisotopic (exact) mass is 210 g/mol. The molecule has 1 aromatic rings. The highest BCUT2D eigenvalue weighted by Gasteiger charge is 2.12. The standard InChI is InChI=1S/C10H14N2O3/c1-11-10(14)8-5-7(15-2)6-12-9(8)3-4-13/h5-6,13H,3-4H2,1-2H3,(H,11,14). The van der Waals surface area contributed by atoms with Crippen LogP contribution in [0.15, 0.2) is 12.3 Å². The van der Waals surface area contributed by atoms with Crippen molar-refractivity contribution in [3.8, 4) is 5.75 Å². The second-order valence-electron chi connectivity index (χ2n) is 2.92. The van der Waals surface area contributed by atoms with Gasteiger partial charge in [0.15, 0.2) is 0 Å². The fourth-order valence-electron chi connectivity index (χ4n) is 1.22. The smallest absolute Gasteiger partial charge is 0.253 e. The third kappa shape index (κ3) is 2.66. The van der Waals surface area contributed by atoms with E-state index in [0.29, 0.717) is 23.4 Å². The Morgan fingerprint density at radius 1 is 1.67 bits per heavy atom. The van der Waals surface area contributed by atoms with Gasteiger partial charge in [-0.15, -0.1) is 0 Å². The summed E-state index contributed by atoms with van der Waals surface area (Å²) in [6.07, 6.45) is 1.88. The van der Waals surface area contributed by atoms with Crippen LogP contribution in [-0.2, 0) is 6.42 Å². The van der Waals surface area contributed by atoms with Crippen LogP contribution in [0.25, 0.3) is 0 Å². The molecule has 0 aliphatic carbocycles. The molecular weight excluding hydrogens is 196 g/mol. The predicted molar refractivity (Wildman–Crippen MR) is 55.0 cm³/mol. The van der Waals surface area contributed by atoms with Crippen LogP contribution in [0.1, 0.15) is 16.1 Å². The first kappa shape index (κ1) is 11.5. The minimum atomic E-state index is -0.232. The van der Waals surface area contributed by atoms with E-state index in [0.717, 1.165) is 0 Å². The van der Waals surface area contributed by atoms with Crippen LogP contribution in [-0.4, -0.2) is 36.8 Å². The number of hydrogen-bond acceptors (Lipinski definition) is 4. The molecule has 5 heteroatoms. The predicted octanol–water partition coefficient (Wildman–Crippen LogP) is -0.0154. The van der Waals surface area contributed by atoms with Crippen molar-refractivity contribution in [1.29, 1.82) is 0 Å². The first-order valence-corrected chi connectivity index (χ1v) is 4.58. The van der Waals surface area contributed by atoms with E-state index in [1.807, 2.05) is 0 Å². The van der Waals surface area contributed by atoms with E-state index < -0.39 is 0 Å². The normalized spacial score (nSPS) is 9.80. The Kier molecular flexibility index (Phi) is 4.05. The molecule has 0 bridgehead atoms. The average molecular weight is 210 g/mol. The molecule has 1 heterocycles. The largest absolute Gasteiger partial charge is 0.495 e. The summed E-state index contributed by atoms with van der Waals surface area (Å²) in [5, 5.41) is 11.3. The molecule has 0 aromatic carbocycles. The van der Waals surface area contributed by atoms with E-state index in [4.69, 9.17) is 9.84 Å². The molecule has 0 saturated heterocycles. The number of hydrogen-bond donors (Lipinski definition) is 2.